The van der Waals surface area contributed by atoms with Crippen molar-refractivity contribution in [3.63, 3.8) is 0 Å². The van der Waals surface area contributed by atoms with Crippen LogP contribution in [-0.4, -0.2) is 9.97 Å². The Bertz CT molecular complexity index is 289. The molecule has 3 nitrogen and oxygen atoms in total. The van der Waals surface area contributed by atoms with Crippen LogP contribution in [0.5, 0.6) is 0 Å². The van der Waals surface area contributed by atoms with E-state index < -0.39 is 0 Å². The van der Waals surface area contributed by atoms with E-state index in [-0.39, 0.29) is 0 Å². The molecule has 4 heteroatoms. The fraction of sp³-hybridized carbons (Fsp3) is 0.667. The van der Waals surface area contributed by atoms with Crippen LogP contribution in [0.4, 0.5) is 0 Å². The van der Waals surface area contributed by atoms with E-state index >= 15 is 0 Å². The SMILES string of the molecule is NCc1[nH]c(C2CCCC2)nc1Br. The van der Waals surface area contributed by atoms with Crippen LogP contribution >= 0.6 is 15.9 Å². The van der Waals surface area contributed by atoms with Crippen molar-refractivity contribution < 1.29 is 0 Å². The molecular weight excluding hydrogens is 230 g/mol. The normalized spacial score (nSPS) is 18.3. The second-order valence-electron chi connectivity index (χ2n) is 3.58. The summed E-state index contributed by atoms with van der Waals surface area (Å²) in [6, 6.07) is 0. The third-order valence-electron chi connectivity index (χ3n) is 2.69. The number of hydrogen-bond donors (Lipinski definition) is 2. The molecule has 1 saturated carbocycles. The number of aromatic nitrogens is 2. The lowest BCUT2D eigenvalue weighted by atomic mass is 10.1. The van der Waals surface area contributed by atoms with Gasteiger partial charge < -0.3 is 10.7 Å². The highest BCUT2D eigenvalue weighted by Gasteiger charge is 2.20. The number of aromatic amines is 1. The number of nitrogens with zero attached hydrogens (tertiary/aromatic N) is 1. The van der Waals surface area contributed by atoms with E-state index in [9.17, 15) is 0 Å². The highest BCUT2D eigenvalue weighted by molar-refractivity contribution is 9.10. The molecule has 1 aromatic heterocycles. The monoisotopic (exact) mass is 243 g/mol. The molecule has 1 fully saturated rings. The van der Waals surface area contributed by atoms with Crippen molar-refractivity contribution in [3.05, 3.63) is 16.1 Å². The molecule has 0 aromatic carbocycles. The minimum Gasteiger partial charge on any atom is -0.344 e. The van der Waals surface area contributed by atoms with Crippen LogP contribution in [0.3, 0.4) is 0 Å². The van der Waals surface area contributed by atoms with Gasteiger partial charge in [0.15, 0.2) is 0 Å². The Balaban J connectivity index is 2.20. The van der Waals surface area contributed by atoms with Crippen molar-refractivity contribution in [2.24, 2.45) is 5.73 Å². The number of rotatable bonds is 2. The number of nitrogens with two attached hydrogens (primary N) is 1. The zero-order valence-corrected chi connectivity index (χ0v) is 9.10. The topological polar surface area (TPSA) is 54.7 Å². The average molecular weight is 244 g/mol. The summed E-state index contributed by atoms with van der Waals surface area (Å²) >= 11 is 3.40. The summed E-state index contributed by atoms with van der Waals surface area (Å²) < 4.78 is 0.886. The summed E-state index contributed by atoms with van der Waals surface area (Å²) in [5.74, 6) is 1.75. The molecular formula is C9H14BrN3. The van der Waals surface area contributed by atoms with Crippen molar-refractivity contribution in [1.82, 2.24) is 9.97 Å². The zero-order chi connectivity index (χ0) is 9.26. The van der Waals surface area contributed by atoms with Gasteiger partial charge in [-0.1, -0.05) is 12.8 Å². The van der Waals surface area contributed by atoms with Gasteiger partial charge in [-0.3, -0.25) is 0 Å². The van der Waals surface area contributed by atoms with Crippen LogP contribution in [-0.2, 0) is 6.54 Å². The van der Waals surface area contributed by atoms with Crippen LogP contribution in [0.2, 0.25) is 0 Å². The van der Waals surface area contributed by atoms with E-state index in [1.807, 2.05) is 0 Å². The molecule has 3 N–H and O–H groups in total. The van der Waals surface area contributed by atoms with Crippen molar-refractivity contribution in [2.75, 3.05) is 0 Å². The third kappa shape index (κ3) is 1.79. The average Bonchev–Trinajstić information content (AvgIpc) is 2.71. The van der Waals surface area contributed by atoms with Crippen molar-refractivity contribution in [2.45, 2.75) is 38.1 Å². The lowest BCUT2D eigenvalue weighted by molar-refractivity contribution is 0.675. The molecule has 1 heterocycles. The molecule has 2 rings (SSSR count). The van der Waals surface area contributed by atoms with Crippen LogP contribution in [0.25, 0.3) is 0 Å². The van der Waals surface area contributed by atoms with Gasteiger partial charge in [-0.05, 0) is 28.8 Å². The van der Waals surface area contributed by atoms with Gasteiger partial charge in [0.2, 0.25) is 0 Å². The van der Waals surface area contributed by atoms with Crippen LogP contribution in [0.1, 0.15) is 43.1 Å². The molecule has 0 unspecified atom stereocenters. The number of H-pyrrole nitrogens is 1. The Labute approximate surface area is 86.3 Å². The highest BCUT2D eigenvalue weighted by atomic mass is 79.9. The molecule has 72 valence electrons. The molecule has 1 aliphatic carbocycles. The molecule has 0 radical (unpaired) electrons. The maximum Gasteiger partial charge on any atom is 0.128 e. The van der Waals surface area contributed by atoms with E-state index in [4.69, 9.17) is 5.73 Å². The fourth-order valence-electron chi connectivity index (χ4n) is 1.94. The molecule has 0 bridgehead atoms. The predicted molar refractivity (Wildman–Crippen MR) is 55.4 cm³/mol. The lowest BCUT2D eigenvalue weighted by Crippen LogP contribution is -1.98. The van der Waals surface area contributed by atoms with E-state index in [0.717, 1.165) is 16.1 Å². The largest absolute Gasteiger partial charge is 0.344 e. The summed E-state index contributed by atoms with van der Waals surface area (Å²) in [5, 5.41) is 0. The van der Waals surface area contributed by atoms with Gasteiger partial charge in [0, 0.05) is 12.5 Å². The Morgan fingerprint density at radius 1 is 1.46 bits per heavy atom. The van der Waals surface area contributed by atoms with E-state index in [1.54, 1.807) is 0 Å². The Morgan fingerprint density at radius 2 is 2.15 bits per heavy atom. The van der Waals surface area contributed by atoms with Gasteiger partial charge in [0.05, 0.1) is 5.69 Å². The summed E-state index contributed by atoms with van der Waals surface area (Å²) in [5.41, 5.74) is 6.58. The summed E-state index contributed by atoms with van der Waals surface area (Å²) in [6.07, 6.45) is 5.20. The van der Waals surface area contributed by atoms with E-state index in [0.29, 0.717) is 12.5 Å². The van der Waals surface area contributed by atoms with Gasteiger partial charge >= 0.3 is 0 Å². The smallest absolute Gasteiger partial charge is 0.128 e. The van der Waals surface area contributed by atoms with Gasteiger partial charge in [0.1, 0.15) is 10.4 Å². The first-order chi connectivity index (χ1) is 6.31. The summed E-state index contributed by atoms with van der Waals surface area (Å²) in [7, 11) is 0. The number of nitrogens with one attached hydrogen (secondary N) is 1. The first kappa shape index (κ1) is 9.21. The number of imidazole rings is 1. The lowest BCUT2D eigenvalue weighted by Gasteiger charge is -2.02. The minimum atomic E-state index is 0.528. The molecule has 0 atom stereocenters. The van der Waals surface area contributed by atoms with Gasteiger partial charge in [-0.15, -0.1) is 0 Å². The molecule has 1 aromatic rings. The molecule has 0 spiro atoms. The molecule has 0 aliphatic heterocycles. The number of halogens is 1. The van der Waals surface area contributed by atoms with Crippen LogP contribution in [0.15, 0.2) is 4.60 Å². The standard InChI is InChI=1S/C9H14BrN3/c10-8-7(5-11)12-9(13-8)6-3-1-2-4-6/h6H,1-5,11H2,(H,12,13). The Kier molecular flexibility index (Phi) is 2.69. The molecule has 1 aliphatic rings. The highest BCUT2D eigenvalue weighted by Crippen LogP contribution is 2.33. The maximum atomic E-state index is 5.56. The van der Waals surface area contributed by atoms with Crippen molar-refractivity contribution in [3.8, 4) is 0 Å². The summed E-state index contributed by atoms with van der Waals surface area (Å²) in [4.78, 5) is 7.73. The van der Waals surface area contributed by atoms with Crippen molar-refractivity contribution in [1.29, 1.82) is 0 Å². The molecule has 0 saturated heterocycles. The Hall–Kier alpha value is -0.350. The maximum absolute atomic E-state index is 5.56. The zero-order valence-electron chi connectivity index (χ0n) is 7.52. The van der Waals surface area contributed by atoms with Crippen LogP contribution < -0.4 is 5.73 Å². The summed E-state index contributed by atoms with van der Waals surface area (Å²) in [6.45, 7) is 0.528. The predicted octanol–water partition coefficient (Wildman–Crippen LogP) is 2.29. The first-order valence-electron chi connectivity index (χ1n) is 4.75. The van der Waals surface area contributed by atoms with Crippen molar-refractivity contribution >= 4 is 15.9 Å². The molecule has 0 amide bonds. The Morgan fingerprint density at radius 3 is 2.69 bits per heavy atom. The number of hydrogen-bond acceptors (Lipinski definition) is 2. The fourth-order valence-corrected chi connectivity index (χ4v) is 2.39. The van der Waals surface area contributed by atoms with Gasteiger partial charge in [-0.2, -0.15) is 0 Å². The first-order valence-corrected chi connectivity index (χ1v) is 5.55. The second kappa shape index (κ2) is 3.80. The minimum absolute atomic E-state index is 0.528. The van der Waals surface area contributed by atoms with E-state index in [2.05, 4.69) is 25.9 Å². The molecule has 13 heavy (non-hydrogen) atoms. The third-order valence-corrected chi connectivity index (χ3v) is 3.35. The van der Waals surface area contributed by atoms with Gasteiger partial charge in [-0.25, -0.2) is 4.98 Å². The van der Waals surface area contributed by atoms with Gasteiger partial charge in [0.25, 0.3) is 0 Å². The quantitative estimate of drug-likeness (QED) is 0.838. The van der Waals surface area contributed by atoms with Crippen LogP contribution in [0, 0.1) is 0 Å². The second-order valence-corrected chi connectivity index (χ2v) is 4.33. The van der Waals surface area contributed by atoms with E-state index in [1.165, 1.54) is 25.7 Å².